The molecule has 0 radical (unpaired) electrons. The minimum Gasteiger partial charge on any atom is -0.496 e. The largest absolute Gasteiger partial charge is 0.496 e. The van der Waals surface area contributed by atoms with Gasteiger partial charge in [-0.05, 0) is 60.2 Å². The van der Waals surface area contributed by atoms with Crippen molar-refractivity contribution in [2.24, 2.45) is 0 Å². The maximum atomic E-state index is 5.96. The van der Waals surface area contributed by atoms with Gasteiger partial charge in [-0.15, -0.1) is 11.8 Å². The maximum absolute atomic E-state index is 5.96. The molecule has 0 N–H and O–H groups in total. The van der Waals surface area contributed by atoms with Gasteiger partial charge in [-0.3, -0.25) is 0 Å². The quantitative estimate of drug-likeness (QED) is 0.732. The molecule has 3 rings (SSSR count). The average Bonchev–Trinajstić information content (AvgIpc) is 2.51. The number of rotatable bonds is 3. The van der Waals surface area contributed by atoms with Crippen molar-refractivity contribution in [3.05, 3.63) is 58.6 Å². The third-order valence-electron chi connectivity index (χ3n) is 4.22. The van der Waals surface area contributed by atoms with Gasteiger partial charge < -0.3 is 4.74 Å². The predicted molar refractivity (Wildman–Crippen MR) is 90.8 cm³/mol. The molecule has 1 nitrogen and oxygen atoms in total. The van der Waals surface area contributed by atoms with Crippen molar-refractivity contribution in [3.63, 3.8) is 0 Å². The fraction of sp³-hybridized carbons (Fsp3) is 0.333. The zero-order valence-electron chi connectivity index (χ0n) is 12.3. The number of methoxy groups -OCH3 is 1. The van der Waals surface area contributed by atoms with Crippen LogP contribution in [-0.2, 0) is 6.42 Å². The normalized spacial score (nSPS) is 20.9. The summed E-state index contributed by atoms with van der Waals surface area (Å²) >= 11 is 7.92. The highest BCUT2D eigenvalue weighted by atomic mass is 35.5. The molecule has 0 spiro atoms. The Balaban J connectivity index is 1.82. The summed E-state index contributed by atoms with van der Waals surface area (Å²) in [5.74, 6) is 1.57. The van der Waals surface area contributed by atoms with Crippen molar-refractivity contribution in [2.75, 3.05) is 7.11 Å². The van der Waals surface area contributed by atoms with Gasteiger partial charge in [0.1, 0.15) is 5.75 Å². The monoisotopic (exact) mass is 318 g/mol. The number of fused-ring (bicyclic) bond motifs is 1. The van der Waals surface area contributed by atoms with Crippen LogP contribution in [0.1, 0.15) is 30.4 Å². The summed E-state index contributed by atoms with van der Waals surface area (Å²) in [6, 6.07) is 14.6. The fourth-order valence-corrected chi connectivity index (χ4v) is 4.41. The van der Waals surface area contributed by atoms with Gasteiger partial charge in [-0.1, -0.05) is 30.7 Å². The first-order valence-corrected chi connectivity index (χ1v) is 8.53. The fourth-order valence-electron chi connectivity index (χ4n) is 3.05. The molecule has 0 saturated carbocycles. The molecule has 0 aromatic heterocycles. The highest BCUT2D eigenvalue weighted by Crippen LogP contribution is 2.43. The topological polar surface area (TPSA) is 9.23 Å². The summed E-state index contributed by atoms with van der Waals surface area (Å²) in [6.45, 7) is 2.32. The first-order chi connectivity index (χ1) is 10.2. The highest BCUT2D eigenvalue weighted by Gasteiger charge is 2.28. The van der Waals surface area contributed by atoms with Crippen LogP contribution in [0.2, 0.25) is 5.02 Å². The second-order valence-corrected chi connectivity index (χ2v) is 7.21. The van der Waals surface area contributed by atoms with E-state index in [-0.39, 0.29) is 0 Å². The molecule has 0 fully saturated rings. The van der Waals surface area contributed by atoms with Crippen LogP contribution in [0.4, 0.5) is 0 Å². The summed E-state index contributed by atoms with van der Waals surface area (Å²) in [5.41, 5.74) is 2.83. The number of halogens is 1. The smallest absolute Gasteiger partial charge is 0.122 e. The maximum Gasteiger partial charge on any atom is 0.122 e. The number of hydrogen-bond acceptors (Lipinski definition) is 2. The predicted octanol–water partition coefficient (Wildman–Crippen LogP) is 5.56. The lowest BCUT2D eigenvalue weighted by molar-refractivity contribution is 0.404. The van der Waals surface area contributed by atoms with Crippen LogP contribution in [0.5, 0.6) is 5.75 Å². The molecule has 2 aromatic carbocycles. The van der Waals surface area contributed by atoms with Crippen molar-refractivity contribution in [1.29, 1.82) is 0 Å². The van der Waals surface area contributed by atoms with Crippen LogP contribution in [0.3, 0.4) is 0 Å². The molecule has 0 bridgehead atoms. The van der Waals surface area contributed by atoms with Gasteiger partial charge in [0.25, 0.3) is 0 Å². The van der Waals surface area contributed by atoms with Crippen molar-refractivity contribution >= 4 is 23.4 Å². The molecule has 0 saturated heterocycles. The van der Waals surface area contributed by atoms with Crippen molar-refractivity contribution in [2.45, 2.75) is 35.8 Å². The Labute approximate surface area is 135 Å². The second-order valence-electron chi connectivity index (χ2n) is 5.47. The number of benzene rings is 2. The molecule has 2 aromatic rings. The van der Waals surface area contributed by atoms with E-state index in [1.807, 2.05) is 23.9 Å². The van der Waals surface area contributed by atoms with Crippen LogP contribution in [0, 0.1) is 0 Å². The Morgan fingerprint density at radius 3 is 2.62 bits per heavy atom. The number of thioether (sulfide) groups is 1. The molecule has 1 aliphatic carbocycles. The van der Waals surface area contributed by atoms with E-state index in [1.54, 1.807) is 7.11 Å². The van der Waals surface area contributed by atoms with E-state index in [0.717, 1.165) is 17.2 Å². The molecule has 2 atom stereocenters. The molecule has 1 aliphatic rings. The molecule has 0 unspecified atom stereocenters. The van der Waals surface area contributed by atoms with E-state index >= 15 is 0 Å². The van der Waals surface area contributed by atoms with Crippen LogP contribution >= 0.6 is 23.4 Å². The van der Waals surface area contributed by atoms with Gasteiger partial charge in [-0.25, -0.2) is 0 Å². The van der Waals surface area contributed by atoms with Gasteiger partial charge in [0.15, 0.2) is 0 Å². The summed E-state index contributed by atoms with van der Waals surface area (Å²) in [4.78, 5) is 1.29. The van der Waals surface area contributed by atoms with E-state index in [1.165, 1.54) is 22.4 Å². The molecule has 21 heavy (non-hydrogen) atoms. The molecule has 0 amide bonds. The van der Waals surface area contributed by atoms with Crippen LogP contribution in [-0.4, -0.2) is 12.4 Å². The first kappa shape index (κ1) is 14.8. The van der Waals surface area contributed by atoms with Crippen molar-refractivity contribution in [1.82, 2.24) is 0 Å². The molecular weight excluding hydrogens is 300 g/mol. The van der Waals surface area contributed by atoms with E-state index < -0.39 is 0 Å². The van der Waals surface area contributed by atoms with Crippen LogP contribution in [0.25, 0.3) is 0 Å². The number of hydrogen-bond donors (Lipinski definition) is 0. The Morgan fingerprint density at radius 2 is 1.90 bits per heavy atom. The number of ether oxygens (including phenoxy) is 1. The summed E-state index contributed by atoms with van der Waals surface area (Å²) in [6.07, 6.45) is 2.27. The van der Waals surface area contributed by atoms with Gasteiger partial charge in [0.05, 0.1) is 7.11 Å². The van der Waals surface area contributed by atoms with Crippen LogP contribution in [0.15, 0.2) is 47.4 Å². The van der Waals surface area contributed by atoms with E-state index in [2.05, 4.69) is 37.3 Å². The van der Waals surface area contributed by atoms with E-state index in [0.29, 0.717) is 11.2 Å². The first-order valence-electron chi connectivity index (χ1n) is 7.27. The molecule has 110 valence electrons. The lowest BCUT2D eigenvalue weighted by Crippen LogP contribution is -2.21. The summed E-state index contributed by atoms with van der Waals surface area (Å²) < 4.78 is 5.51. The Morgan fingerprint density at radius 1 is 1.14 bits per heavy atom. The summed E-state index contributed by atoms with van der Waals surface area (Å²) in [7, 11) is 1.76. The van der Waals surface area contributed by atoms with Gasteiger partial charge in [0.2, 0.25) is 0 Å². The standard InChI is InChI=1S/C18H19ClOS/c1-12-15-4-3-5-17(20-2)16(15)10-11-18(12)21-14-8-6-13(19)7-9-14/h3-9,12,18H,10-11H2,1-2H3/t12-,18+/m1/s1. The zero-order valence-corrected chi connectivity index (χ0v) is 13.9. The summed E-state index contributed by atoms with van der Waals surface area (Å²) in [5, 5.41) is 1.40. The van der Waals surface area contributed by atoms with E-state index in [9.17, 15) is 0 Å². The van der Waals surface area contributed by atoms with Crippen molar-refractivity contribution < 1.29 is 4.74 Å². The average molecular weight is 319 g/mol. The minimum atomic E-state index is 0.532. The molecule has 0 heterocycles. The van der Waals surface area contributed by atoms with Gasteiger partial charge >= 0.3 is 0 Å². The Kier molecular flexibility index (Phi) is 4.46. The van der Waals surface area contributed by atoms with E-state index in [4.69, 9.17) is 16.3 Å². The second kappa shape index (κ2) is 6.33. The SMILES string of the molecule is COc1cccc2c1CC[C@H](Sc1ccc(Cl)cc1)[C@@H]2C. The van der Waals surface area contributed by atoms with Gasteiger partial charge in [0, 0.05) is 15.2 Å². The van der Waals surface area contributed by atoms with Gasteiger partial charge in [-0.2, -0.15) is 0 Å². The molecule has 3 heteroatoms. The highest BCUT2D eigenvalue weighted by molar-refractivity contribution is 8.00. The third-order valence-corrected chi connectivity index (χ3v) is 5.96. The lowest BCUT2D eigenvalue weighted by Gasteiger charge is -2.31. The third kappa shape index (κ3) is 3.07. The zero-order chi connectivity index (χ0) is 14.8. The Bertz CT molecular complexity index is 624. The Hall–Kier alpha value is -1.12. The molecule has 0 aliphatic heterocycles. The van der Waals surface area contributed by atoms with Crippen molar-refractivity contribution in [3.8, 4) is 5.75 Å². The van der Waals surface area contributed by atoms with Crippen LogP contribution < -0.4 is 4.74 Å². The molecular formula is C18H19ClOS. The lowest BCUT2D eigenvalue weighted by atomic mass is 9.83. The minimum absolute atomic E-state index is 0.532.